The lowest BCUT2D eigenvalue weighted by Gasteiger charge is -2.11. The number of hydrogen-bond donors (Lipinski definition) is 2. The number of nitrogens with one attached hydrogen (secondary N) is 2. The van der Waals surface area contributed by atoms with Crippen molar-refractivity contribution in [3.8, 4) is 0 Å². The van der Waals surface area contributed by atoms with Gasteiger partial charge >= 0.3 is 0 Å². The van der Waals surface area contributed by atoms with Crippen LogP contribution in [0, 0.1) is 0 Å². The van der Waals surface area contributed by atoms with Crippen LogP contribution in [0.1, 0.15) is 12.5 Å². The SMILES string of the molecule is CNC(=O)C(C)NCc1cccnc1. The van der Waals surface area contributed by atoms with E-state index in [2.05, 4.69) is 15.6 Å². The van der Waals surface area contributed by atoms with E-state index in [-0.39, 0.29) is 11.9 Å². The summed E-state index contributed by atoms with van der Waals surface area (Å²) in [6.45, 7) is 2.48. The molecule has 2 N–H and O–H groups in total. The number of aromatic nitrogens is 1. The molecule has 0 saturated heterocycles. The molecule has 0 fully saturated rings. The Morgan fingerprint density at radius 2 is 2.43 bits per heavy atom. The summed E-state index contributed by atoms with van der Waals surface area (Å²) < 4.78 is 0. The number of amides is 1. The Bertz CT molecular complexity index is 287. The molecular formula is C10H15N3O. The molecular weight excluding hydrogens is 178 g/mol. The number of rotatable bonds is 4. The van der Waals surface area contributed by atoms with Gasteiger partial charge in [0.1, 0.15) is 0 Å². The lowest BCUT2D eigenvalue weighted by Crippen LogP contribution is -2.40. The van der Waals surface area contributed by atoms with Crippen LogP contribution in [0.5, 0.6) is 0 Å². The van der Waals surface area contributed by atoms with Gasteiger partial charge in [-0.25, -0.2) is 0 Å². The first-order valence-corrected chi connectivity index (χ1v) is 4.58. The van der Waals surface area contributed by atoms with Crippen LogP contribution in [-0.4, -0.2) is 24.0 Å². The minimum atomic E-state index is -0.180. The van der Waals surface area contributed by atoms with Gasteiger partial charge in [-0.15, -0.1) is 0 Å². The number of hydrogen-bond acceptors (Lipinski definition) is 3. The second kappa shape index (κ2) is 5.34. The predicted molar refractivity (Wildman–Crippen MR) is 54.6 cm³/mol. The summed E-state index contributed by atoms with van der Waals surface area (Å²) in [7, 11) is 1.63. The molecule has 4 heteroatoms. The van der Waals surface area contributed by atoms with E-state index in [0.717, 1.165) is 5.56 Å². The van der Waals surface area contributed by atoms with Crippen molar-refractivity contribution in [1.29, 1.82) is 0 Å². The Morgan fingerprint density at radius 1 is 1.64 bits per heavy atom. The van der Waals surface area contributed by atoms with Gasteiger partial charge in [0.25, 0.3) is 0 Å². The zero-order valence-electron chi connectivity index (χ0n) is 8.45. The van der Waals surface area contributed by atoms with Crippen LogP contribution in [0.4, 0.5) is 0 Å². The van der Waals surface area contributed by atoms with E-state index in [0.29, 0.717) is 6.54 Å². The first kappa shape index (κ1) is 10.7. The van der Waals surface area contributed by atoms with Crippen LogP contribution in [-0.2, 0) is 11.3 Å². The van der Waals surface area contributed by atoms with Crippen LogP contribution in [0.25, 0.3) is 0 Å². The topological polar surface area (TPSA) is 54.0 Å². The minimum absolute atomic E-state index is 0.00566. The van der Waals surface area contributed by atoms with Gasteiger partial charge in [0.05, 0.1) is 6.04 Å². The van der Waals surface area contributed by atoms with Gasteiger partial charge in [-0.2, -0.15) is 0 Å². The molecule has 0 bridgehead atoms. The van der Waals surface area contributed by atoms with E-state index < -0.39 is 0 Å². The summed E-state index contributed by atoms with van der Waals surface area (Å²) in [4.78, 5) is 15.1. The summed E-state index contributed by atoms with van der Waals surface area (Å²) >= 11 is 0. The summed E-state index contributed by atoms with van der Waals surface area (Å²) in [6, 6.07) is 3.67. The van der Waals surface area contributed by atoms with E-state index in [1.807, 2.05) is 19.1 Å². The minimum Gasteiger partial charge on any atom is -0.358 e. The molecule has 0 aliphatic heterocycles. The van der Waals surface area contributed by atoms with E-state index in [4.69, 9.17) is 0 Å². The fourth-order valence-electron chi connectivity index (χ4n) is 1.08. The third-order valence-electron chi connectivity index (χ3n) is 1.97. The average Bonchev–Trinajstić information content (AvgIpc) is 2.26. The van der Waals surface area contributed by atoms with Crippen LogP contribution in [0.15, 0.2) is 24.5 Å². The number of nitrogens with zero attached hydrogens (tertiary/aromatic N) is 1. The molecule has 0 spiro atoms. The molecule has 0 aliphatic rings. The highest BCUT2D eigenvalue weighted by atomic mass is 16.2. The van der Waals surface area contributed by atoms with Crippen molar-refractivity contribution >= 4 is 5.91 Å². The van der Waals surface area contributed by atoms with Crippen molar-refractivity contribution < 1.29 is 4.79 Å². The molecule has 0 radical (unpaired) electrons. The van der Waals surface area contributed by atoms with Gasteiger partial charge < -0.3 is 10.6 Å². The van der Waals surface area contributed by atoms with E-state index >= 15 is 0 Å². The van der Waals surface area contributed by atoms with Gasteiger partial charge in [-0.1, -0.05) is 6.07 Å². The Kier molecular flexibility index (Phi) is 4.07. The molecule has 1 atom stereocenters. The average molecular weight is 193 g/mol. The largest absolute Gasteiger partial charge is 0.358 e. The van der Waals surface area contributed by atoms with Crippen molar-refractivity contribution in [3.05, 3.63) is 30.1 Å². The molecule has 1 amide bonds. The zero-order chi connectivity index (χ0) is 10.4. The molecule has 76 valence electrons. The van der Waals surface area contributed by atoms with Gasteiger partial charge in [-0.05, 0) is 18.6 Å². The molecule has 1 aromatic rings. The highest BCUT2D eigenvalue weighted by Gasteiger charge is 2.08. The van der Waals surface area contributed by atoms with E-state index in [1.54, 1.807) is 19.4 Å². The molecule has 1 aromatic heterocycles. The Hall–Kier alpha value is -1.42. The predicted octanol–water partition coefficient (Wildman–Crippen LogP) is 0.306. The van der Waals surface area contributed by atoms with Gasteiger partial charge in [0.15, 0.2) is 0 Å². The second-order valence-electron chi connectivity index (χ2n) is 3.08. The molecule has 1 rings (SSSR count). The van der Waals surface area contributed by atoms with Gasteiger partial charge in [0, 0.05) is 26.0 Å². The highest BCUT2D eigenvalue weighted by molar-refractivity contribution is 5.80. The molecule has 0 saturated carbocycles. The maximum atomic E-state index is 11.1. The summed E-state index contributed by atoms with van der Waals surface area (Å²) in [5.41, 5.74) is 1.07. The van der Waals surface area contributed by atoms with Crippen molar-refractivity contribution in [1.82, 2.24) is 15.6 Å². The van der Waals surface area contributed by atoms with E-state index in [1.165, 1.54) is 0 Å². The molecule has 4 nitrogen and oxygen atoms in total. The van der Waals surface area contributed by atoms with Crippen molar-refractivity contribution in [2.75, 3.05) is 7.05 Å². The third-order valence-corrected chi connectivity index (χ3v) is 1.97. The zero-order valence-corrected chi connectivity index (χ0v) is 8.45. The normalized spacial score (nSPS) is 12.1. The number of likely N-dealkylation sites (N-methyl/N-ethyl adjacent to an activating group) is 1. The third kappa shape index (κ3) is 3.14. The van der Waals surface area contributed by atoms with Crippen LogP contribution in [0.3, 0.4) is 0 Å². The summed E-state index contributed by atoms with van der Waals surface area (Å²) in [6.07, 6.45) is 3.51. The maximum absolute atomic E-state index is 11.1. The van der Waals surface area contributed by atoms with Crippen molar-refractivity contribution in [2.24, 2.45) is 0 Å². The molecule has 14 heavy (non-hydrogen) atoms. The molecule has 0 aliphatic carbocycles. The number of carbonyl (C=O) groups excluding carboxylic acids is 1. The number of carbonyl (C=O) groups is 1. The Morgan fingerprint density at radius 3 is 3.00 bits per heavy atom. The lowest BCUT2D eigenvalue weighted by atomic mass is 10.2. The summed E-state index contributed by atoms with van der Waals surface area (Å²) in [5.74, 6) is -0.00566. The highest BCUT2D eigenvalue weighted by Crippen LogP contribution is 1.95. The Labute approximate surface area is 83.7 Å². The first-order chi connectivity index (χ1) is 6.74. The van der Waals surface area contributed by atoms with Gasteiger partial charge in [-0.3, -0.25) is 9.78 Å². The smallest absolute Gasteiger partial charge is 0.236 e. The molecule has 1 heterocycles. The number of pyridine rings is 1. The van der Waals surface area contributed by atoms with Crippen molar-refractivity contribution in [2.45, 2.75) is 19.5 Å². The lowest BCUT2D eigenvalue weighted by molar-refractivity contribution is -0.122. The van der Waals surface area contributed by atoms with Crippen molar-refractivity contribution in [3.63, 3.8) is 0 Å². The molecule has 0 aromatic carbocycles. The first-order valence-electron chi connectivity index (χ1n) is 4.58. The van der Waals surface area contributed by atoms with E-state index in [9.17, 15) is 4.79 Å². The van der Waals surface area contributed by atoms with Gasteiger partial charge in [0.2, 0.25) is 5.91 Å². The van der Waals surface area contributed by atoms with Crippen LogP contribution < -0.4 is 10.6 Å². The fourth-order valence-corrected chi connectivity index (χ4v) is 1.08. The summed E-state index contributed by atoms with van der Waals surface area (Å²) in [5, 5.41) is 5.68. The fraction of sp³-hybridized carbons (Fsp3) is 0.400. The standard InChI is InChI=1S/C10H15N3O/c1-8(10(14)11-2)13-7-9-4-3-5-12-6-9/h3-6,8,13H,7H2,1-2H3,(H,11,14). The monoisotopic (exact) mass is 193 g/mol. The second-order valence-corrected chi connectivity index (χ2v) is 3.08. The Balaban J connectivity index is 2.38. The van der Waals surface area contributed by atoms with Crippen LogP contribution >= 0.6 is 0 Å². The quantitative estimate of drug-likeness (QED) is 0.723. The maximum Gasteiger partial charge on any atom is 0.236 e. The molecule has 1 unspecified atom stereocenters. The van der Waals surface area contributed by atoms with Crippen LogP contribution in [0.2, 0.25) is 0 Å².